The van der Waals surface area contributed by atoms with Crippen LogP contribution in [0.4, 0.5) is 0 Å². The minimum absolute atomic E-state index is 0. The van der Waals surface area contributed by atoms with E-state index in [2.05, 4.69) is 38.4 Å². The zero-order valence-corrected chi connectivity index (χ0v) is 14.8. The SMILES string of the molecule is C.CCl.C[P+](=O)[O-].PP(P)P.[Na+]. The van der Waals surface area contributed by atoms with E-state index in [1.807, 2.05) is 0 Å². The molecule has 0 aliphatic rings. The predicted molar refractivity (Wildman–Crippen MR) is 68.1 cm³/mol. The molecular weight excluding hydrogens is 281 g/mol. The first kappa shape index (κ1) is 29.4. The molecule has 0 spiro atoms. The van der Waals surface area contributed by atoms with E-state index >= 15 is 0 Å². The fourth-order valence-corrected chi connectivity index (χ4v) is 0. The molecule has 0 aromatic rings. The molecule has 0 N–H and O–H groups in total. The summed E-state index contributed by atoms with van der Waals surface area (Å²) in [5, 5.41) is 0. The van der Waals surface area contributed by atoms with Crippen LogP contribution in [0.2, 0.25) is 0 Å². The minimum atomic E-state index is -2.12. The number of hydrogen-bond acceptors (Lipinski definition) is 2. The van der Waals surface area contributed by atoms with Crippen molar-refractivity contribution in [3.8, 4) is 0 Å². The standard InChI is InChI=1S/CH3Cl.CH3O2P.CH4.Na.H6P4/c1-2;1-4(2)3;;;1-4(2)3/h1H3;1H3;1H4;;1-3H2/q;;;+1;. The van der Waals surface area contributed by atoms with E-state index in [4.69, 9.17) is 9.46 Å². The second-order valence-corrected chi connectivity index (χ2v) is 13.4. The average molecular weight is 297 g/mol. The van der Waals surface area contributed by atoms with Crippen molar-refractivity contribution >= 4 is 53.4 Å². The van der Waals surface area contributed by atoms with Crippen LogP contribution >= 0.6 is 53.4 Å². The van der Waals surface area contributed by atoms with Crippen molar-refractivity contribution in [3.05, 3.63) is 0 Å². The number of alkyl halides is 1. The van der Waals surface area contributed by atoms with Gasteiger partial charge in [-0.05, 0) is 6.99 Å². The van der Waals surface area contributed by atoms with E-state index in [-0.39, 0.29) is 44.0 Å². The van der Waals surface area contributed by atoms with Crippen LogP contribution in [-0.4, -0.2) is 13.0 Å². The summed E-state index contributed by atoms with van der Waals surface area (Å²) in [6.07, 6.45) is 1.47. The van der Waals surface area contributed by atoms with Gasteiger partial charge in [-0.1, -0.05) is 12.0 Å². The van der Waals surface area contributed by atoms with Crippen LogP contribution < -0.4 is 34.5 Å². The van der Waals surface area contributed by atoms with Crippen LogP contribution in [-0.2, 0) is 4.57 Å². The Balaban J connectivity index is -0.0000000198. The topological polar surface area (TPSA) is 40.1 Å². The average Bonchev–Trinajstić information content (AvgIpc) is 1.66. The van der Waals surface area contributed by atoms with Crippen molar-refractivity contribution in [3.63, 3.8) is 0 Å². The van der Waals surface area contributed by atoms with Crippen LogP contribution in [0.25, 0.3) is 0 Å². The summed E-state index contributed by atoms with van der Waals surface area (Å²) in [6.45, 7) is 1.25. The third-order valence-corrected chi connectivity index (χ3v) is 0. The predicted octanol–water partition coefficient (Wildman–Crippen LogP) is 0.0526. The second kappa shape index (κ2) is 29.2. The van der Waals surface area contributed by atoms with Gasteiger partial charge >= 0.3 is 37.6 Å². The Morgan fingerprint density at radius 3 is 1.33 bits per heavy atom. The van der Waals surface area contributed by atoms with Crippen LogP contribution in [0.1, 0.15) is 7.43 Å². The molecule has 0 aliphatic heterocycles. The largest absolute Gasteiger partial charge is 1.00 e. The van der Waals surface area contributed by atoms with Crippen molar-refractivity contribution in [1.29, 1.82) is 0 Å². The van der Waals surface area contributed by atoms with Gasteiger partial charge in [0.1, 0.15) is 6.66 Å². The van der Waals surface area contributed by atoms with Crippen LogP contribution in [0.3, 0.4) is 0 Å². The molecule has 0 heterocycles. The van der Waals surface area contributed by atoms with Gasteiger partial charge in [-0.15, -0.1) is 38.4 Å². The molecule has 12 heavy (non-hydrogen) atoms. The number of hydrogen-bond donors (Lipinski definition) is 0. The zero-order chi connectivity index (χ0) is 9.15. The van der Waals surface area contributed by atoms with Gasteiger partial charge < -0.3 is 4.89 Å². The van der Waals surface area contributed by atoms with E-state index in [1.165, 1.54) is 6.38 Å². The molecule has 2 nitrogen and oxygen atoms in total. The molecule has 0 rings (SSSR count). The van der Waals surface area contributed by atoms with Crippen molar-refractivity contribution in [2.75, 3.05) is 13.0 Å². The van der Waals surface area contributed by atoms with Crippen LogP contribution in [0, 0.1) is 0 Å². The zero-order valence-electron chi connectivity index (χ0n) is 6.82. The summed E-state index contributed by atoms with van der Waals surface area (Å²) >= 11 is 4.64. The quantitative estimate of drug-likeness (QED) is 0.360. The Morgan fingerprint density at radius 2 is 1.33 bits per heavy atom. The molecule has 0 radical (unpaired) electrons. The van der Waals surface area contributed by atoms with Crippen LogP contribution in [0.5, 0.6) is 0 Å². The molecule has 0 aliphatic carbocycles. The Bertz CT molecular complexity index is 69.0. The smallest absolute Gasteiger partial charge is 0.596 e. The third kappa shape index (κ3) is 202. The first-order valence-corrected chi connectivity index (χ1v) is 10.5. The van der Waals surface area contributed by atoms with Gasteiger partial charge in [-0.3, -0.25) is 0 Å². The molecule has 0 bridgehead atoms. The molecule has 0 aromatic heterocycles. The molecule has 0 fully saturated rings. The maximum absolute atomic E-state index is 9.04. The summed E-state index contributed by atoms with van der Waals surface area (Å²) in [5.74, 6) is 0. The Labute approximate surface area is 112 Å². The normalized spacial score (nSPS) is 7.17. The van der Waals surface area contributed by atoms with E-state index in [9.17, 15) is 0 Å². The van der Waals surface area contributed by atoms with E-state index in [1.54, 1.807) is 0 Å². The fraction of sp³-hybridized carbons (Fsp3) is 1.00. The molecule has 0 aromatic carbocycles. The Kier molecular flexibility index (Phi) is 71.6. The summed E-state index contributed by atoms with van der Waals surface area (Å²) < 4.78 is 9.04. The van der Waals surface area contributed by atoms with Crippen molar-refractivity contribution in [1.82, 2.24) is 0 Å². The van der Waals surface area contributed by atoms with E-state index in [0.29, 0.717) is 0 Å². The maximum atomic E-state index is 9.04. The molecule has 4 atom stereocenters. The van der Waals surface area contributed by atoms with Crippen molar-refractivity contribution in [2.24, 2.45) is 0 Å². The first-order valence-electron chi connectivity index (χ1n) is 1.96. The molecular formula is C3H16ClNaO2P5+. The van der Waals surface area contributed by atoms with E-state index < -0.39 is 8.03 Å². The van der Waals surface area contributed by atoms with Crippen molar-refractivity contribution in [2.45, 2.75) is 7.43 Å². The van der Waals surface area contributed by atoms with Gasteiger partial charge in [-0.25, -0.2) is 0 Å². The van der Waals surface area contributed by atoms with Gasteiger partial charge in [0.2, 0.25) is 0 Å². The first-order chi connectivity index (χ1) is 4.46. The summed E-state index contributed by atoms with van der Waals surface area (Å²) in [5.41, 5.74) is 0. The monoisotopic (exact) mass is 297 g/mol. The number of rotatable bonds is 0. The minimum Gasteiger partial charge on any atom is -0.596 e. The maximum Gasteiger partial charge on any atom is 1.00 e. The summed E-state index contributed by atoms with van der Waals surface area (Å²) in [7, 11) is 5.82. The summed E-state index contributed by atoms with van der Waals surface area (Å²) in [4.78, 5) is 9.04. The molecule has 72 valence electrons. The van der Waals surface area contributed by atoms with Crippen molar-refractivity contribution < 1.29 is 39.0 Å². The summed E-state index contributed by atoms with van der Waals surface area (Å²) in [6, 6.07) is 0. The van der Waals surface area contributed by atoms with Gasteiger partial charge in [0, 0.05) is 6.38 Å². The second-order valence-electron chi connectivity index (χ2n) is 0.887. The molecule has 0 amide bonds. The number of halogens is 1. The van der Waals surface area contributed by atoms with Gasteiger partial charge in [0.25, 0.3) is 0 Å². The molecule has 0 saturated heterocycles. The van der Waals surface area contributed by atoms with Gasteiger partial charge in [0.05, 0.1) is 0 Å². The molecule has 4 unspecified atom stereocenters. The third-order valence-electron chi connectivity index (χ3n) is 0. The van der Waals surface area contributed by atoms with E-state index in [0.717, 1.165) is 6.66 Å². The molecule has 9 heteroatoms. The van der Waals surface area contributed by atoms with Gasteiger partial charge in [-0.2, -0.15) is 0 Å². The Hall–Kier alpha value is 3.07. The van der Waals surface area contributed by atoms with Crippen LogP contribution in [0.15, 0.2) is 0 Å². The molecule has 0 saturated carbocycles. The van der Waals surface area contributed by atoms with Gasteiger partial charge in [0.15, 0.2) is 0 Å². The fourth-order valence-electron chi connectivity index (χ4n) is 0. The Morgan fingerprint density at radius 1 is 1.33 bits per heavy atom.